The second-order valence-corrected chi connectivity index (χ2v) is 9.48. The average molecular weight is 356 g/mol. The number of sulfone groups is 1. The number of carbonyl (C=O) groups is 1. The van der Waals surface area contributed by atoms with Gasteiger partial charge in [0, 0.05) is 24.5 Å². The quantitative estimate of drug-likeness (QED) is 0.692. The molecule has 0 fully saturated rings. The fraction of sp³-hybridized carbons (Fsp3) is 0.588. The molecule has 4 N–H and O–H groups in total. The summed E-state index contributed by atoms with van der Waals surface area (Å²) in [6.07, 6.45) is 1.78. The van der Waals surface area contributed by atoms with Gasteiger partial charge >= 0.3 is 0 Å². The summed E-state index contributed by atoms with van der Waals surface area (Å²) in [5, 5.41) is 6.00. The molecule has 1 amide bonds. The van der Waals surface area contributed by atoms with Crippen molar-refractivity contribution in [2.45, 2.75) is 51.1 Å². The van der Waals surface area contributed by atoms with Crippen molar-refractivity contribution in [2.75, 3.05) is 18.1 Å². The molecule has 0 heterocycles. The Kier molecular flexibility index (Phi) is 6.80. The summed E-state index contributed by atoms with van der Waals surface area (Å²) >= 11 is 0. The van der Waals surface area contributed by atoms with E-state index in [0.717, 1.165) is 0 Å². The number of benzene rings is 1. The van der Waals surface area contributed by atoms with Crippen molar-refractivity contribution in [3.8, 4) is 0 Å². The normalized spacial score (nSPS) is 14.8. The highest BCUT2D eigenvalue weighted by atomic mass is 32.2. The summed E-state index contributed by atoms with van der Waals surface area (Å²) < 4.78 is 23.1. The van der Waals surface area contributed by atoms with E-state index in [-0.39, 0.29) is 22.3 Å². The minimum absolute atomic E-state index is 0.00959. The molecule has 0 bridgehead atoms. The Labute approximate surface area is 145 Å². The van der Waals surface area contributed by atoms with Crippen LogP contribution >= 0.6 is 0 Å². The van der Waals surface area contributed by atoms with Crippen LogP contribution in [0.5, 0.6) is 0 Å². The van der Waals surface area contributed by atoms with Crippen LogP contribution < -0.4 is 16.4 Å². The highest BCUT2D eigenvalue weighted by Crippen LogP contribution is 2.20. The number of amides is 1. The van der Waals surface area contributed by atoms with Gasteiger partial charge in [-0.1, -0.05) is 26.8 Å². The molecule has 0 saturated heterocycles. The van der Waals surface area contributed by atoms with Gasteiger partial charge < -0.3 is 16.4 Å². The molecule has 0 unspecified atom stereocenters. The van der Waals surface area contributed by atoms with E-state index in [1.54, 1.807) is 24.3 Å². The monoisotopic (exact) mass is 355 g/mol. The van der Waals surface area contributed by atoms with E-state index in [1.165, 1.54) is 6.26 Å². The molecule has 0 aliphatic heterocycles. The van der Waals surface area contributed by atoms with Gasteiger partial charge in [-0.05, 0) is 37.0 Å². The number of nitrogens with two attached hydrogens (primary N) is 1. The number of carbonyl (C=O) groups excluding carboxylic acids is 1. The predicted octanol–water partition coefficient (Wildman–Crippen LogP) is 1.77. The van der Waals surface area contributed by atoms with Crippen LogP contribution in [0, 0.1) is 5.41 Å². The lowest BCUT2D eigenvalue weighted by Gasteiger charge is -2.24. The van der Waals surface area contributed by atoms with Gasteiger partial charge in [-0.25, -0.2) is 8.42 Å². The van der Waals surface area contributed by atoms with E-state index in [2.05, 4.69) is 10.6 Å². The van der Waals surface area contributed by atoms with Crippen molar-refractivity contribution >= 4 is 21.4 Å². The Hall–Kier alpha value is -1.60. The van der Waals surface area contributed by atoms with Gasteiger partial charge in [-0.15, -0.1) is 0 Å². The number of anilines is 1. The Bertz CT molecular complexity index is 666. The molecule has 24 heavy (non-hydrogen) atoms. The first kappa shape index (κ1) is 20.4. The zero-order valence-electron chi connectivity index (χ0n) is 15.1. The van der Waals surface area contributed by atoms with Crippen LogP contribution in [-0.4, -0.2) is 39.2 Å². The fourth-order valence-corrected chi connectivity index (χ4v) is 2.93. The summed E-state index contributed by atoms with van der Waals surface area (Å²) in [6, 6.07) is 5.92. The molecule has 7 heteroatoms. The Morgan fingerprint density at radius 1 is 1.29 bits per heavy atom. The van der Waals surface area contributed by atoms with Crippen LogP contribution in [0.4, 0.5) is 5.69 Å². The maximum Gasteiger partial charge on any atom is 0.237 e. The molecule has 0 aliphatic rings. The molecule has 0 saturated carbocycles. The summed E-state index contributed by atoms with van der Waals surface area (Å²) in [7, 11) is -3.24. The Morgan fingerprint density at radius 2 is 1.92 bits per heavy atom. The molecule has 6 nitrogen and oxygen atoms in total. The zero-order chi connectivity index (χ0) is 18.5. The first-order valence-corrected chi connectivity index (χ1v) is 9.87. The predicted molar refractivity (Wildman–Crippen MR) is 97.7 cm³/mol. The second-order valence-electron chi connectivity index (χ2n) is 7.46. The van der Waals surface area contributed by atoms with Crippen LogP contribution in [0.15, 0.2) is 29.2 Å². The molecule has 0 aromatic heterocycles. The second kappa shape index (κ2) is 7.98. The summed E-state index contributed by atoms with van der Waals surface area (Å²) in [6.45, 7) is 8.47. The first-order valence-electron chi connectivity index (χ1n) is 7.98. The summed E-state index contributed by atoms with van der Waals surface area (Å²) in [5.41, 5.74) is 6.61. The van der Waals surface area contributed by atoms with Gasteiger partial charge in [0.15, 0.2) is 9.84 Å². The molecule has 0 aliphatic carbocycles. The topological polar surface area (TPSA) is 101 Å². The highest BCUT2D eigenvalue weighted by Gasteiger charge is 2.22. The fourth-order valence-electron chi connectivity index (χ4n) is 2.26. The zero-order valence-corrected chi connectivity index (χ0v) is 15.9. The molecule has 2 atom stereocenters. The van der Waals surface area contributed by atoms with Crippen LogP contribution in [0.3, 0.4) is 0 Å². The Balaban J connectivity index is 2.55. The van der Waals surface area contributed by atoms with Crippen molar-refractivity contribution in [2.24, 2.45) is 11.1 Å². The van der Waals surface area contributed by atoms with Crippen LogP contribution in [0.25, 0.3) is 0 Å². The lowest BCUT2D eigenvalue weighted by Crippen LogP contribution is -2.47. The standard InChI is InChI=1S/C17H29N3O3S/c1-12(20-16(21)15(18)10-17(2,3)4)11-19-13-7-6-8-14(9-13)24(5,22)23/h6-9,12,15,19H,10-11,18H2,1-5H3,(H,20,21)/t12-,15-/m0/s1. The van der Waals surface area contributed by atoms with Crippen LogP contribution in [0.1, 0.15) is 34.1 Å². The number of nitrogens with one attached hydrogen (secondary N) is 2. The van der Waals surface area contributed by atoms with Gasteiger partial charge in [0.25, 0.3) is 0 Å². The molecular weight excluding hydrogens is 326 g/mol. The van der Waals surface area contributed by atoms with E-state index in [1.807, 2.05) is 27.7 Å². The van der Waals surface area contributed by atoms with Crippen LogP contribution in [0.2, 0.25) is 0 Å². The minimum atomic E-state index is -3.24. The van der Waals surface area contributed by atoms with Gasteiger partial charge in [0.05, 0.1) is 10.9 Å². The van der Waals surface area contributed by atoms with Gasteiger partial charge in [0.2, 0.25) is 5.91 Å². The van der Waals surface area contributed by atoms with Crippen molar-refractivity contribution < 1.29 is 13.2 Å². The van der Waals surface area contributed by atoms with E-state index in [0.29, 0.717) is 18.7 Å². The van der Waals surface area contributed by atoms with Crippen molar-refractivity contribution in [3.63, 3.8) is 0 Å². The third-order valence-corrected chi connectivity index (χ3v) is 4.54. The van der Waals surface area contributed by atoms with E-state index in [9.17, 15) is 13.2 Å². The van der Waals surface area contributed by atoms with E-state index < -0.39 is 15.9 Å². The molecule has 1 aromatic carbocycles. The summed E-state index contributed by atoms with van der Waals surface area (Å²) in [5.74, 6) is -0.177. The first-order chi connectivity index (χ1) is 10.9. The van der Waals surface area contributed by atoms with Crippen molar-refractivity contribution in [1.29, 1.82) is 0 Å². The Morgan fingerprint density at radius 3 is 2.46 bits per heavy atom. The molecule has 1 aromatic rings. The lowest BCUT2D eigenvalue weighted by atomic mass is 9.88. The number of hydrogen-bond acceptors (Lipinski definition) is 5. The minimum Gasteiger partial charge on any atom is -0.383 e. The van der Waals surface area contributed by atoms with Crippen molar-refractivity contribution in [1.82, 2.24) is 5.32 Å². The summed E-state index contributed by atoms with van der Waals surface area (Å²) in [4.78, 5) is 12.3. The number of hydrogen-bond donors (Lipinski definition) is 3. The lowest BCUT2D eigenvalue weighted by molar-refractivity contribution is -0.123. The maximum atomic E-state index is 12.1. The average Bonchev–Trinajstić information content (AvgIpc) is 2.42. The highest BCUT2D eigenvalue weighted by molar-refractivity contribution is 7.90. The maximum absolute atomic E-state index is 12.1. The number of rotatable bonds is 7. The third-order valence-electron chi connectivity index (χ3n) is 3.43. The molecular formula is C17H29N3O3S. The van der Waals surface area contributed by atoms with Crippen molar-refractivity contribution in [3.05, 3.63) is 24.3 Å². The molecule has 1 rings (SSSR count). The molecule has 0 spiro atoms. The largest absolute Gasteiger partial charge is 0.383 e. The smallest absolute Gasteiger partial charge is 0.237 e. The van der Waals surface area contributed by atoms with Gasteiger partial charge in [0.1, 0.15) is 0 Å². The van der Waals surface area contributed by atoms with Gasteiger partial charge in [-0.3, -0.25) is 4.79 Å². The van der Waals surface area contributed by atoms with E-state index >= 15 is 0 Å². The third kappa shape index (κ3) is 7.31. The van der Waals surface area contributed by atoms with E-state index in [4.69, 9.17) is 5.73 Å². The SMILES string of the molecule is C[C@@H](CNc1cccc(S(C)(=O)=O)c1)NC(=O)[C@@H](N)CC(C)(C)C. The van der Waals surface area contributed by atoms with Crippen LogP contribution in [-0.2, 0) is 14.6 Å². The molecule has 136 valence electrons. The van der Waals surface area contributed by atoms with Gasteiger partial charge in [-0.2, -0.15) is 0 Å². The molecule has 0 radical (unpaired) electrons.